The summed E-state index contributed by atoms with van der Waals surface area (Å²) in [7, 11) is 0. The van der Waals surface area contributed by atoms with Crippen LogP contribution in [0, 0.1) is 13.8 Å². The van der Waals surface area contributed by atoms with Gasteiger partial charge in [-0.3, -0.25) is 0 Å². The van der Waals surface area contributed by atoms with Crippen molar-refractivity contribution in [1.29, 1.82) is 0 Å². The number of hydrogen-bond acceptors (Lipinski definition) is 1. The average molecular weight is 490 g/mol. The summed E-state index contributed by atoms with van der Waals surface area (Å²) in [6.07, 6.45) is 0. The highest BCUT2D eigenvalue weighted by Crippen LogP contribution is 2.56. The number of aryl methyl sites for hydroxylation is 2. The van der Waals surface area contributed by atoms with Crippen molar-refractivity contribution in [3.8, 4) is 11.1 Å². The normalized spacial score (nSPS) is 13.5. The van der Waals surface area contributed by atoms with E-state index in [1.807, 2.05) is 0 Å². The summed E-state index contributed by atoms with van der Waals surface area (Å²) in [5.41, 5.74) is 11.5. The maximum absolute atomic E-state index is 2.46. The minimum Gasteiger partial charge on any atom is -0.310 e. The van der Waals surface area contributed by atoms with Crippen LogP contribution in [0.3, 0.4) is 0 Å². The van der Waals surface area contributed by atoms with Crippen LogP contribution in [0.4, 0.5) is 17.1 Å². The van der Waals surface area contributed by atoms with Crippen molar-refractivity contribution in [1.82, 2.24) is 0 Å². The van der Waals surface area contributed by atoms with Crippen molar-refractivity contribution in [2.24, 2.45) is 0 Å². The van der Waals surface area contributed by atoms with Crippen molar-refractivity contribution in [2.45, 2.75) is 33.1 Å². The second-order valence-corrected chi connectivity index (χ2v) is 11.2. The molecule has 0 spiro atoms. The van der Waals surface area contributed by atoms with Gasteiger partial charge in [-0.15, -0.1) is 0 Å². The molecule has 6 aromatic rings. The smallest absolute Gasteiger partial charge is 0.0543 e. The van der Waals surface area contributed by atoms with E-state index in [0.717, 1.165) is 0 Å². The van der Waals surface area contributed by atoms with Crippen molar-refractivity contribution in [2.75, 3.05) is 4.90 Å². The zero-order chi connectivity index (χ0) is 26.0. The molecule has 184 valence electrons. The van der Waals surface area contributed by atoms with E-state index in [9.17, 15) is 0 Å². The molecule has 0 heterocycles. The number of hydrogen-bond donors (Lipinski definition) is 0. The summed E-state index contributed by atoms with van der Waals surface area (Å²) in [4.78, 5) is 2.43. The molecular formula is C37H31N. The van der Waals surface area contributed by atoms with Gasteiger partial charge in [0, 0.05) is 22.2 Å². The van der Waals surface area contributed by atoms with Gasteiger partial charge in [0.25, 0.3) is 0 Å². The number of benzene rings is 6. The predicted molar refractivity (Wildman–Crippen MR) is 163 cm³/mol. The summed E-state index contributed by atoms with van der Waals surface area (Å²) in [5, 5.41) is 5.21. The van der Waals surface area contributed by atoms with Crippen LogP contribution in [0.5, 0.6) is 0 Å². The Labute approximate surface area is 225 Å². The van der Waals surface area contributed by atoms with Gasteiger partial charge in [-0.25, -0.2) is 0 Å². The molecular weight excluding hydrogens is 458 g/mol. The lowest BCUT2D eigenvalue weighted by Crippen LogP contribution is -2.17. The zero-order valence-electron chi connectivity index (χ0n) is 22.4. The lowest BCUT2D eigenvalue weighted by Gasteiger charge is -2.30. The molecule has 6 aromatic carbocycles. The van der Waals surface area contributed by atoms with E-state index in [4.69, 9.17) is 0 Å². The maximum atomic E-state index is 2.46. The van der Waals surface area contributed by atoms with Crippen molar-refractivity contribution in [3.05, 3.63) is 138 Å². The van der Waals surface area contributed by atoms with E-state index >= 15 is 0 Å². The highest BCUT2D eigenvalue weighted by atomic mass is 15.1. The molecule has 7 rings (SSSR count). The van der Waals surface area contributed by atoms with Crippen LogP contribution >= 0.6 is 0 Å². The van der Waals surface area contributed by atoms with E-state index in [0.29, 0.717) is 0 Å². The largest absolute Gasteiger partial charge is 0.310 e. The summed E-state index contributed by atoms with van der Waals surface area (Å²) >= 11 is 0. The van der Waals surface area contributed by atoms with Crippen LogP contribution in [0.1, 0.15) is 36.1 Å². The maximum Gasteiger partial charge on any atom is 0.0543 e. The zero-order valence-corrected chi connectivity index (χ0v) is 22.4. The Morgan fingerprint density at radius 3 is 1.66 bits per heavy atom. The molecule has 1 nitrogen and oxygen atoms in total. The number of nitrogens with zero attached hydrogens (tertiary/aromatic N) is 1. The Kier molecular flexibility index (Phi) is 5.00. The molecule has 1 aliphatic rings. The van der Waals surface area contributed by atoms with Crippen LogP contribution < -0.4 is 4.90 Å². The lowest BCUT2D eigenvalue weighted by atomic mass is 9.81. The summed E-state index contributed by atoms with van der Waals surface area (Å²) < 4.78 is 0. The highest BCUT2D eigenvalue weighted by molar-refractivity contribution is 6.14. The Morgan fingerprint density at radius 2 is 1.03 bits per heavy atom. The van der Waals surface area contributed by atoms with Crippen LogP contribution in [-0.4, -0.2) is 0 Å². The molecule has 38 heavy (non-hydrogen) atoms. The van der Waals surface area contributed by atoms with E-state index in [1.165, 1.54) is 72.0 Å². The molecule has 0 bridgehead atoms. The fourth-order valence-corrected chi connectivity index (χ4v) is 6.33. The van der Waals surface area contributed by atoms with E-state index in [1.54, 1.807) is 0 Å². The molecule has 0 amide bonds. The lowest BCUT2D eigenvalue weighted by molar-refractivity contribution is 0.661. The van der Waals surface area contributed by atoms with Crippen molar-refractivity contribution < 1.29 is 0 Å². The molecule has 0 saturated heterocycles. The molecule has 0 unspecified atom stereocenters. The average Bonchev–Trinajstić information content (AvgIpc) is 3.17. The molecule has 0 fully saturated rings. The first kappa shape index (κ1) is 22.8. The highest BCUT2D eigenvalue weighted by Gasteiger charge is 2.38. The first-order valence-corrected chi connectivity index (χ1v) is 13.5. The van der Waals surface area contributed by atoms with Gasteiger partial charge < -0.3 is 4.90 Å². The van der Waals surface area contributed by atoms with Crippen LogP contribution in [0.2, 0.25) is 0 Å². The third-order valence-corrected chi connectivity index (χ3v) is 8.37. The predicted octanol–water partition coefficient (Wildman–Crippen LogP) is 10.4. The fourth-order valence-electron chi connectivity index (χ4n) is 6.33. The molecule has 1 heteroatoms. The van der Waals surface area contributed by atoms with Gasteiger partial charge in [0.15, 0.2) is 0 Å². The summed E-state index contributed by atoms with van der Waals surface area (Å²) in [6, 6.07) is 42.7. The minimum atomic E-state index is -0.111. The molecule has 0 saturated carbocycles. The second kappa shape index (κ2) is 8.33. The first-order chi connectivity index (χ1) is 18.4. The third-order valence-electron chi connectivity index (χ3n) is 8.37. The van der Waals surface area contributed by atoms with Gasteiger partial charge in [-0.2, -0.15) is 0 Å². The second-order valence-electron chi connectivity index (χ2n) is 11.2. The van der Waals surface area contributed by atoms with Crippen LogP contribution in [0.25, 0.3) is 32.7 Å². The quantitative estimate of drug-likeness (QED) is 0.239. The molecule has 0 radical (unpaired) electrons. The Bertz CT molecular complexity index is 1790. The van der Waals surface area contributed by atoms with Gasteiger partial charge in [0.05, 0.1) is 5.69 Å². The SMILES string of the molecule is Cc1ccc(N(c2ccc(C)cc2)c2cc3c(c4ccccc24)-c2c(ccc4ccccc24)C3(C)C)cc1. The fraction of sp³-hybridized carbons (Fsp3) is 0.135. The van der Waals surface area contributed by atoms with Gasteiger partial charge >= 0.3 is 0 Å². The Morgan fingerprint density at radius 1 is 0.500 bits per heavy atom. The number of fused-ring (bicyclic) bond motifs is 7. The number of rotatable bonds is 3. The number of anilines is 3. The van der Waals surface area contributed by atoms with E-state index < -0.39 is 0 Å². The summed E-state index contributed by atoms with van der Waals surface area (Å²) in [6.45, 7) is 9.06. The Balaban J connectivity index is 1.59. The van der Waals surface area contributed by atoms with Crippen LogP contribution in [0.15, 0.2) is 115 Å². The first-order valence-electron chi connectivity index (χ1n) is 13.5. The molecule has 0 atom stereocenters. The molecule has 1 aliphatic carbocycles. The van der Waals surface area contributed by atoms with Gasteiger partial charge in [-0.05, 0) is 82.6 Å². The third kappa shape index (κ3) is 3.32. The van der Waals surface area contributed by atoms with Gasteiger partial charge in [0.1, 0.15) is 0 Å². The van der Waals surface area contributed by atoms with Gasteiger partial charge in [-0.1, -0.05) is 110 Å². The minimum absolute atomic E-state index is 0.111. The molecule has 0 N–H and O–H groups in total. The molecule has 0 aliphatic heterocycles. The van der Waals surface area contributed by atoms with Gasteiger partial charge in [0.2, 0.25) is 0 Å². The van der Waals surface area contributed by atoms with E-state index in [-0.39, 0.29) is 5.41 Å². The standard InChI is InChI=1S/C37H31N/c1-24-13-18-27(19-14-24)38(28-20-15-25(2)16-21-28)34-23-33-36(31-12-8-7-11-30(31)34)35-29-10-6-5-9-26(29)17-22-32(35)37(33,3)4/h5-23H,1-4H3. The molecule has 0 aromatic heterocycles. The summed E-state index contributed by atoms with van der Waals surface area (Å²) in [5.74, 6) is 0. The van der Waals surface area contributed by atoms with E-state index in [2.05, 4.69) is 148 Å². The topological polar surface area (TPSA) is 3.24 Å². The van der Waals surface area contributed by atoms with Crippen molar-refractivity contribution in [3.63, 3.8) is 0 Å². The van der Waals surface area contributed by atoms with Crippen molar-refractivity contribution >= 4 is 38.6 Å². The monoisotopic (exact) mass is 489 g/mol. The van der Waals surface area contributed by atoms with Crippen LogP contribution in [-0.2, 0) is 5.41 Å². The Hall–Kier alpha value is -4.36.